The number of hydrogen-bond donors (Lipinski definition) is 2. The van der Waals surface area contributed by atoms with Gasteiger partial charge in [0.25, 0.3) is 0 Å². The van der Waals surface area contributed by atoms with Crippen LogP contribution in [-0.2, 0) is 11.3 Å². The molecule has 0 atom stereocenters. The summed E-state index contributed by atoms with van der Waals surface area (Å²) in [4.78, 5) is 23.6. The van der Waals surface area contributed by atoms with E-state index >= 15 is 0 Å². The molecule has 0 saturated heterocycles. The van der Waals surface area contributed by atoms with Gasteiger partial charge in [0.15, 0.2) is 0 Å². The second-order valence-corrected chi connectivity index (χ2v) is 3.61. The van der Waals surface area contributed by atoms with Gasteiger partial charge in [0.1, 0.15) is 5.76 Å². The molecule has 0 saturated carbocycles. The molecule has 0 radical (unpaired) electrons. The predicted octanol–water partition coefficient (Wildman–Crippen LogP) is 0.190. The Morgan fingerprint density at radius 2 is 2.33 bits per heavy atom. The number of nitrogens with zero attached hydrogens (tertiary/aromatic N) is 2. The van der Waals surface area contributed by atoms with Crippen molar-refractivity contribution in [3.63, 3.8) is 0 Å². The molecule has 0 aliphatic rings. The molecule has 18 heavy (non-hydrogen) atoms. The normalized spacial score (nSPS) is 10.0. The van der Waals surface area contributed by atoms with Crippen LogP contribution in [0.25, 0.3) is 0 Å². The lowest BCUT2D eigenvalue weighted by Crippen LogP contribution is -2.42. The van der Waals surface area contributed by atoms with E-state index in [1.165, 1.54) is 6.26 Å². The third-order valence-corrected chi connectivity index (χ3v) is 2.13. The van der Waals surface area contributed by atoms with Crippen molar-refractivity contribution in [2.75, 3.05) is 13.1 Å². The number of amides is 3. The van der Waals surface area contributed by atoms with E-state index < -0.39 is 11.9 Å². The van der Waals surface area contributed by atoms with Crippen LogP contribution in [0.1, 0.15) is 12.2 Å². The number of nitrogens with one attached hydrogen (secondary N) is 1. The largest absolute Gasteiger partial charge is 0.468 e. The maximum absolute atomic E-state index is 11.4. The van der Waals surface area contributed by atoms with Gasteiger partial charge in [0.2, 0.25) is 5.91 Å². The summed E-state index contributed by atoms with van der Waals surface area (Å²) >= 11 is 0. The summed E-state index contributed by atoms with van der Waals surface area (Å²) in [6.07, 6.45) is 1.81. The minimum Gasteiger partial charge on any atom is -0.468 e. The lowest BCUT2D eigenvalue weighted by atomic mass is 10.3. The van der Waals surface area contributed by atoms with Gasteiger partial charge in [-0.25, -0.2) is 4.79 Å². The quantitative estimate of drug-likeness (QED) is 0.748. The fourth-order valence-electron chi connectivity index (χ4n) is 1.43. The molecule has 1 heterocycles. The number of carbonyl (C=O) groups is 2. The van der Waals surface area contributed by atoms with Crippen LogP contribution >= 0.6 is 0 Å². The van der Waals surface area contributed by atoms with Gasteiger partial charge in [-0.15, -0.1) is 0 Å². The molecule has 1 rings (SSSR count). The van der Waals surface area contributed by atoms with Gasteiger partial charge >= 0.3 is 6.03 Å². The van der Waals surface area contributed by atoms with Gasteiger partial charge in [0.05, 0.1) is 25.4 Å². The number of imide groups is 1. The van der Waals surface area contributed by atoms with E-state index in [0.717, 1.165) is 0 Å². The molecule has 0 unspecified atom stereocenters. The second-order valence-electron chi connectivity index (χ2n) is 3.61. The first kappa shape index (κ1) is 13.7. The van der Waals surface area contributed by atoms with Gasteiger partial charge in [-0.2, -0.15) is 5.26 Å². The lowest BCUT2D eigenvalue weighted by molar-refractivity contribution is -0.121. The third kappa shape index (κ3) is 5.14. The zero-order valence-electron chi connectivity index (χ0n) is 9.76. The molecule has 1 aromatic heterocycles. The highest BCUT2D eigenvalue weighted by atomic mass is 16.3. The molecule has 3 N–H and O–H groups in total. The van der Waals surface area contributed by atoms with E-state index in [1.54, 1.807) is 17.0 Å². The Kier molecular flexibility index (Phi) is 5.41. The smallest absolute Gasteiger partial charge is 0.318 e. The van der Waals surface area contributed by atoms with Crippen LogP contribution in [0.5, 0.6) is 0 Å². The molecule has 0 spiro atoms. The minimum absolute atomic E-state index is 0.0225. The van der Waals surface area contributed by atoms with Crippen LogP contribution in [0.4, 0.5) is 4.79 Å². The van der Waals surface area contributed by atoms with Crippen LogP contribution in [0.2, 0.25) is 0 Å². The molecule has 3 amide bonds. The van der Waals surface area contributed by atoms with Crippen LogP contribution in [0.15, 0.2) is 22.8 Å². The number of primary amides is 1. The minimum atomic E-state index is -0.891. The Morgan fingerprint density at radius 3 is 2.89 bits per heavy atom. The van der Waals surface area contributed by atoms with E-state index in [1.807, 2.05) is 11.4 Å². The predicted molar refractivity (Wildman–Crippen MR) is 61.9 cm³/mol. The van der Waals surface area contributed by atoms with E-state index in [2.05, 4.69) is 0 Å². The number of nitriles is 1. The average molecular weight is 250 g/mol. The Hall–Kier alpha value is -2.33. The SMILES string of the molecule is N#CCCN(CC(=O)NC(N)=O)Cc1ccco1. The Morgan fingerprint density at radius 1 is 1.56 bits per heavy atom. The maximum Gasteiger partial charge on any atom is 0.318 e. The van der Waals surface area contributed by atoms with Crippen molar-refractivity contribution in [3.05, 3.63) is 24.2 Å². The van der Waals surface area contributed by atoms with Crippen molar-refractivity contribution in [1.82, 2.24) is 10.2 Å². The van der Waals surface area contributed by atoms with Gasteiger partial charge in [-0.3, -0.25) is 15.0 Å². The van der Waals surface area contributed by atoms with Crippen LogP contribution < -0.4 is 11.1 Å². The highest BCUT2D eigenvalue weighted by molar-refractivity contribution is 5.94. The van der Waals surface area contributed by atoms with E-state index in [4.69, 9.17) is 15.4 Å². The highest BCUT2D eigenvalue weighted by Gasteiger charge is 2.13. The number of furan rings is 1. The van der Waals surface area contributed by atoms with Gasteiger partial charge in [-0.1, -0.05) is 0 Å². The molecule has 0 bridgehead atoms. The van der Waals surface area contributed by atoms with Crippen LogP contribution in [0.3, 0.4) is 0 Å². The van der Waals surface area contributed by atoms with Crippen LogP contribution in [0, 0.1) is 11.3 Å². The molecule has 0 aromatic carbocycles. The third-order valence-electron chi connectivity index (χ3n) is 2.13. The zero-order chi connectivity index (χ0) is 13.4. The topological polar surface area (TPSA) is 112 Å². The van der Waals surface area contributed by atoms with E-state index in [0.29, 0.717) is 18.8 Å². The molecule has 0 aliphatic heterocycles. The fourth-order valence-corrected chi connectivity index (χ4v) is 1.43. The Balaban J connectivity index is 2.52. The summed E-state index contributed by atoms with van der Waals surface area (Å²) in [7, 11) is 0. The van der Waals surface area contributed by atoms with Crippen molar-refractivity contribution in [2.24, 2.45) is 5.73 Å². The number of nitrogens with two attached hydrogens (primary N) is 1. The molecule has 0 aliphatic carbocycles. The standard InChI is InChI=1S/C11H14N4O3/c12-4-2-5-15(7-9-3-1-6-18-9)8-10(16)14-11(13)17/h1,3,6H,2,5,7-8H2,(H3,13,14,16,17). The van der Waals surface area contributed by atoms with Crippen molar-refractivity contribution >= 4 is 11.9 Å². The Bertz CT molecular complexity index is 436. The summed E-state index contributed by atoms with van der Waals surface area (Å²) in [5.74, 6) is 0.173. The van der Waals surface area contributed by atoms with Gasteiger partial charge in [0, 0.05) is 13.0 Å². The van der Waals surface area contributed by atoms with Crippen molar-refractivity contribution in [3.8, 4) is 6.07 Å². The van der Waals surface area contributed by atoms with Crippen molar-refractivity contribution < 1.29 is 14.0 Å². The number of hydrogen-bond acceptors (Lipinski definition) is 5. The summed E-state index contributed by atoms with van der Waals surface area (Å²) in [5, 5.41) is 10.5. The Labute approximate surface area is 104 Å². The lowest BCUT2D eigenvalue weighted by Gasteiger charge is -2.18. The van der Waals surface area contributed by atoms with Gasteiger partial charge < -0.3 is 10.2 Å². The first-order valence-electron chi connectivity index (χ1n) is 5.33. The first-order chi connectivity index (χ1) is 8.61. The van der Waals surface area contributed by atoms with Crippen LogP contribution in [-0.4, -0.2) is 29.9 Å². The molecular formula is C11H14N4O3. The molecule has 96 valence electrons. The van der Waals surface area contributed by atoms with E-state index in [9.17, 15) is 9.59 Å². The van der Waals surface area contributed by atoms with Gasteiger partial charge in [-0.05, 0) is 12.1 Å². The summed E-state index contributed by atoms with van der Waals surface area (Å²) in [6.45, 7) is 0.773. The average Bonchev–Trinajstić information content (AvgIpc) is 2.77. The summed E-state index contributed by atoms with van der Waals surface area (Å²) in [6, 6.07) is 4.61. The number of rotatable bonds is 6. The number of urea groups is 1. The molecular weight excluding hydrogens is 236 g/mol. The number of carbonyl (C=O) groups excluding carboxylic acids is 2. The first-order valence-corrected chi connectivity index (χ1v) is 5.33. The summed E-state index contributed by atoms with van der Waals surface area (Å²) in [5.41, 5.74) is 4.84. The maximum atomic E-state index is 11.4. The van der Waals surface area contributed by atoms with Crippen molar-refractivity contribution in [1.29, 1.82) is 5.26 Å². The monoisotopic (exact) mass is 250 g/mol. The fraction of sp³-hybridized carbons (Fsp3) is 0.364. The molecule has 1 aromatic rings. The molecule has 0 fully saturated rings. The molecule has 7 heteroatoms. The second kappa shape index (κ2) is 7.09. The highest BCUT2D eigenvalue weighted by Crippen LogP contribution is 2.05. The molecule has 7 nitrogen and oxygen atoms in total. The zero-order valence-corrected chi connectivity index (χ0v) is 9.76. The summed E-state index contributed by atoms with van der Waals surface area (Å²) < 4.78 is 5.16. The van der Waals surface area contributed by atoms with Crippen molar-refractivity contribution in [2.45, 2.75) is 13.0 Å². The van der Waals surface area contributed by atoms with E-state index in [-0.39, 0.29) is 13.0 Å².